The molecule has 0 aliphatic carbocycles. The Bertz CT molecular complexity index is 34.1. The fraction of sp³-hybridized carbons (Fsp3) is 0. The zero-order valence-corrected chi connectivity index (χ0v) is 21.6. The predicted octanol–water partition coefficient (Wildman–Crippen LogP) is -12.3. The fourth-order valence-corrected chi connectivity index (χ4v) is 0. The Morgan fingerprint density at radius 2 is 0.400 bits per heavy atom. The summed E-state index contributed by atoms with van der Waals surface area (Å²) in [6.45, 7) is 0. The van der Waals surface area contributed by atoms with E-state index in [1.165, 1.54) is 0 Å². The normalized spacial score (nSPS) is 4.80. The van der Waals surface area contributed by atoms with Crippen molar-refractivity contribution >= 4 is 168 Å². The van der Waals surface area contributed by atoms with Crippen molar-refractivity contribution in [1.29, 1.82) is 0 Å². The maximum atomic E-state index is 8.56. The minimum Gasteiger partial charge on any atom is 2.00 e. The van der Waals surface area contributed by atoms with Crippen LogP contribution in [-0.2, 0) is 0 Å². The molecule has 0 aliphatic heterocycles. The van der Waals surface area contributed by atoms with Crippen molar-refractivity contribution in [3.8, 4) is 0 Å². The predicted molar refractivity (Wildman–Crippen MR) is 43.2 cm³/mol. The minimum absolute atomic E-state index is 0. The summed E-state index contributed by atoms with van der Waals surface area (Å²) >= 11 is -7.88. The maximum absolute atomic E-state index is 8.56. The van der Waals surface area contributed by atoms with Gasteiger partial charge >= 0.3 is 192 Å². The fourth-order valence-electron chi connectivity index (χ4n) is 0. The Balaban J connectivity index is -0.00000000468. The molecular weight excluding hydrogens is 573 g/mol. The summed E-state index contributed by atoms with van der Waals surface area (Å²) in [5, 5.41) is 0. The van der Waals surface area contributed by atoms with Gasteiger partial charge in [-0.2, -0.15) is 0 Å². The zero-order valence-electron chi connectivity index (χ0n) is 7.47. The minimum atomic E-state index is -3.94. The largest absolute Gasteiger partial charge is 2.00 e. The molecule has 0 fully saturated rings. The summed E-state index contributed by atoms with van der Waals surface area (Å²) in [7, 11) is 0. The van der Waals surface area contributed by atoms with Gasteiger partial charge < -0.3 is 21.9 Å². The van der Waals surface area contributed by atoms with E-state index in [9.17, 15) is 0 Å². The van der Waals surface area contributed by atoms with Crippen LogP contribution in [0.1, 0.15) is 0 Å². The van der Waals surface area contributed by atoms with Crippen molar-refractivity contribution in [3.05, 3.63) is 0 Å². The van der Waals surface area contributed by atoms with E-state index in [1.54, 1.807) is 0 Å². The molecule has 0 aromatic heterocycles. The summed E-state index contributed by atoms with van der Waals surface area (Å²) in [6, 6.07) is 0. The zero-order chi connectivity index (χ0) is 7.15. The molecule has 0 rings (SSSR count). The van der Waals surface area contributed by atoms with Crippen LogP contribution < -0.4 is 24.6 Å². The monoisotopic (exact) mass is 582 g/mol. The van der Waals surface area contributed by atoms with Crippen LogP contribution in [0.25, 0.3) is 0 Å². The second kappa shape index (κ2) is 50.7. The summed E-state index contributed by atoms with van der Waals surface area (Å²) < 4.78 is 51.4. The Morgan fingerprint density at radius 1 is 0.400 bits per heavy atom. The van der Waals surface area contributed by atoms with Crippen LogP contribution in [0.3, 0.4) is 0 Å². The second-order valence-electron chi connectivity index (χ2n) is 0.447. The third-order valence-corrected chi connectivity index (χ3v) is 0. The van der Waals surface area contributed by atoms with Crippen LogP contribution in [0.15, 0.2) is 0 Å². The molecule has 15 heteroatoms. The molecule has 0 bridgehead atoms. The molecule has 0 radical (unpaired) electrons. The van der Waals surface area contributed by atoms with Crippen LogP contribution in [0, 0.1) is 0 Å². The van der Waals surface area contributed by atoms with Crippen LogP contribution in [0.5, 0.6) is 0 Å². The molecule has 0 aromatic rings. The van der Waals surface area contributed by atoms with Crippen LogP contribution >= 0.6 is 0 Å². The van der Waals surface area contributed by atoms with Crippen LogP contribution in [0.4, 0.5) is 0 Å². The third-order valence-electron chi connectivity index (χ3n) is 0. The van der Waals surface area contributed by atoms with Crippen molar-refractivity contribution in [2.75, 3.05) is 0 Å². The Hall–Kier alpha value is 5.16. The summed E-state index contributed by atoms with van der Waals surface area (Å²) in [4.78, 5) is 0. The first-order valence-electron chi connectivity index (χ1n) is 1.10. The van der Waals surface area contributed by atoms with Gasteiger partial charge in [-0.25, -0.2) is 0 Å². The molecular formula is H8As2O10Sr3. The first kappa shape index (κ1) is 59.4. The number of hydrogen-bond donors (Lipinski definition) is 0. The van der Waals surface area contributed by atoms with Gasteiger partial charge in [0.25, 0.3) is 0 Å². The van der Waals surface area contributed by atoms with Crippen molar-refractivity contribution in [1.82, 2.24) is 0 Å². The molecule has 0 aromatic carbocycles. The smallest absolute Gasteiger partial charge is 2.00 e. The molecule has 0 spiro atoms. The van der Waals surface area contributed by atoms with Gasteiger partial charge in [-0.15, -0.1) is 0 Å². The molecule has 0 atom stereocenters. The van der Waals surface area contributed by atoms with Gasteiger partial charge in [0.1, 0.15) is 0 Å². The standard InChI is InChI=1S/2AsO3.4H2O.3Sr/c2*2-1(3)4;;;;;;;/h;;4*1H2;;;/q2*-3;;;;;3*+2. The van der Waals surface area contributed by atoms with E-state index in [1.807, 2.05) is 0 Å². The molecule has 0 unspecified atom stereocenters. The average Bonchev–Trinajstić information content (AvgIpc) is 1.25. The molecule has 15 heavy (non-hydrogen) atoms. The molecule has 0 aliphatic rings. The van der Waals surface area contributed by atoms with Crippen LogP contribution in [-0.4, -0.2) is 190 Å². The van der Waals surface area contributed by atoms with Gasteiger partial charge in [-0.1, -0.05) is 0 Å². The van der Waals surface area contributed by atoms with Crippen LogP contribution in [0.2, 0.25) is 0 Å². The van der Waals surface area contributed by atoms with Gasteiger partial charge in [-0.3, -0.25) is 0 Å². The molecule has 8 N–H and O–H groups in total. The van der Waals surface area contributed by atoms with E-state index in [2.05, 4.69) is 0 Å². The summed E-state index contributed by atoms with van der Waals surface area (Å²) in [5.74, 6) is 0. The van der Waals surface area contributed by atoms with Crippen molar-refractivity contribution in [2.45, 2.75) is 0 Å². The topological polar surface area (TPSA) is 264 Å². The van der Waals surface area contributed by atoms with Crippen molar-refractivity contribution in [2.24, 2.45) is 0 Å². The van der Waals surface area contributed by atoms with Gasteiger partial charge in [0.15, 0.2) is 0 Å². The van der Waals surface area contributed by atoms with Crippen molar-refractivity contribution in [3.63, 3.8) is 0 Å². The van der Waals surface area contributed by atoms with Crippen molar-refractivity contribution < 1.29 is 46.5 Å². The molecule has 0 saturated carbocycles. The summed E-state index contributed by atoms with van der Waals surface area (Å²) in [6.07, 6.45) is 0. The Morgan fingerprint density at radius 3 is 0.400 bits per heavy atom. The van der Waals surface area contributed by atoms with E-state index in [-0.39, 0.29) is 158 Å². The SMILES string of the molecule is O.O.O.O.[O-][As]([O-])[O-].[O-][As]([O-])[O-].[Sr+2].[Sr+2].[Sr+2]. The van der Waals surface area contributed by atoms with E-state index >= 15 is 0 Å². The Labute approximate surface area is 208 Å². The van der Waals surface area contributed by atoms with Gasteiger partial charge in [0.05, 0.1) is 0 Å². The van der Waals surface area contributed by atoms with Gasteiger partial charge in [-0.05, 0) is 0 Å². The molecule has 0 heterocycles. The molecule has 0 amide bonds. The Kier molecular flexibility index (Phi) is 201. The van der Waals surface area contributed by atoms with E-state index in [0.717, 1.165) is 0 Å². The van der Waals surface area contributed by atoms with Gasteiger partial charge in [0.2, 0.25) is 0 Å². The molecule has 10 nitrogen and oxygen atoms in total. The second-order valence-corrected chi connectivity index (χ2v) is 2.32. The number of rotatable bonds is 0. The first-order valence-corrected chi connectivity index (χ1v) is 5.69. The quantitative estimate of drug-likeness (QED) is 0.251. The third kappa shape index (κ3) is 212. The molecule has 84 valence electrons. The summed E-state index contributed by atoms with van der Waals surface area (Å²) in [5.41, 5.74) is 0. The molecule has 0 saturated heterocycles. The maximum Gasteiger partial charge on any atom is 2.00 e. The average molecular weight is 581 g/mol. The van der Waals surface area contributed by atoms with E-state index in [4.69, 9.17) is 24.6 Å². The number of hydrogen-bond acceptors (Lipinski definition) is 6. The van der Waals surface area contributed by atoms with E-state index in [0.29, 0.717) is 0 Å². The van der Waals surface area contributed by atoms with Gasteiger partial charge in [0, 0.05) is 0 Å². The first-order chi connectivity index (χ1) is 3.46. The van der Waals surface area contributed by atoms with E-state index < -0.39 is 31.4 Å².